The highest BCUT2D eigenvalue weighted by molar-refractivity contribution is 5.74. The summed E-state index contributed by atoms with van der Waals surface area (Å²) in [5.74, 6) is 0.860. The Balaban J connectivity index is 1.65. The number of carbonyl (C=O) groups excluding carboxylic acids is 1. The van der Waals surface area contributed by atoms with Crippen molar-refractivity contribution in [3.8, 4) is 5.75 Å². The highest BCUT2D eigenvalue weighted by atomic mass is 16.5. The van der Waals surface area contributed by atoms with E-state index in [1.54, 1.807) is 7.11 Å². The van der Waals surface area contributed by atoms with E-state index in [1.165, 1.54) is 18.4 Å². The summed E-state index contributed by atoms with van der Waals surface area (Å²) in [6.07, 6.45) is 3.31. The molecule has 1 aromatic carbocycles. The topological polar surface area (TPSA) is 44.8 Å². The zero-order chi connectivity index (χ0) is 16.5. The molecule has 0 spiro atoms. The first kappa shape index (κ1) is 17.6. The quantitative estimate of drug-likeness (QED) is 0.839. The fourth-order valence-corrected chi connectivity index (χ4v) is 2.77. The van der Waals surface area contributed by atoms with E-state index in [9.17, 15) is 4.79 Å². The number of hydrogen-bond donors (Lipinski definition) is 1. The van der Waals surface area contributed by atoms with E-state index in [0.717, 1.165) is 44.9 Å². The molecule has 0 aliphatic carbocycles. The Morgan fingerprint density at radius 1 is 1.17 bits per heavy atom. The molecule has 1 saturated heterocycles. The summed E-state index contributed by atoms with van der Waals surface area (Å²) in [7, 11) is 1.66. The highest BCUT2D eigenvalue weighted by Gasteiger charge is 2.20. The van der Waals surface area contributed by atoms with Gasteiger partial charge in [0.05, 0.1) is 7.11 Å². The normalized spacial score (nSPS) is 15.5. The van der Waals surface area contributed by atoms with Crippen LogP contribution in [0, 0.1) is 0 Å². The molecule has 5 nitrogen and oxygen atoms in total. The van der Waals surface area contributed by atoms with Crippen molar-refractivity contribution in [2.24, 2.45) is 0 Å². The fraction of sp³-hybridized carbons (Fsp3) is 0.611. The SMILES string of the molecule is CCCCN1CCN(C(=O)NCCc2ccc(OC)cc2)CC1. The largest absolute Gasteiger partial charge is 0.497 e. The molecule has 0 aromatic heterocycles. The maximum Gasteiger partial charge on any atom is 0.317 e. The molecule has 0 atom stereocenters. The minimum absolute atomic E-state index is 0.0636. The first-order chi connectivity index (χ1) is 11.2. The van der Waals surface area contributed by atoms with Crippen LogP contribution in [0.3, 0.4) is 0 Å². The second kappa shape index (κ2) is 9.40. The van der Waals surface area contributed by atoms with E-state index in [0.29, 0.717) is 6.54 Å². The van der Waals surface area contributed by atoms with Crippen LogP contribution in [0.15, 0.2) is 24.3 Å². The Bertz CT molecular complexity index is 468. The minimum atomic E-state index is 0.0636. The van der Waals surface area contributed by atoms with Crippen molar-refractivity contribution in [3.63, 3.8) is 0 Å². The third-order valence-electron chi connectivity index (χ3n) is 4.34. The predicted octanol–water partition coefficient (Wildman–Crippen LogP) is 2.37. The van der Waals surface area contributed by atoms with E-state index in [1.807, 2.05) is 29.2 Å². The average Bonchev–Trinajstić information content (AvgIpc) is 2.61. The smallest absolute Gasteiger partial charge is 0.317 e. The number of hydrogen-bond acceptors (Lipinski definition) is 3. The van der Waals surface area contributed by atoms with Crippen LogP contribution in [-0.4, -0.2) is 62.2 Å². The third-order valence-corrected chi connectivity index (χ3v) is 4.34. The Morgan fingerprint density at radius 2 is 1.87 bits per heavy atom. The molecule has 2 rings (SSSR count). The molecule has 1 aliphatic rings. The van der Waals surface area contributed by atoms with Gasteiger partial charge in [-0.15, -0.1) is 0 Å². The number of piperazine rings is 1. The van der Waals surface area contributed by atoms with Crippen molar-refractivity contribution in [2.75, 3.05) is 46.4 Å². The lowest BCUT2D eigenvalue weighted by molar-refractivity contribution is 0.138. The molecular weight excluding hydrogens is 290 g/mol. The molecule has 1 heterocycles. The lowest BCUT2D eigenvalue weighted by Gasteiger charge is -2.34. The van der Waals surface area contributed by atoms with Crippen LogP contribution in [-0.2, 0) is 6.42 Å². The summed E-state index contributed by atoms with van der Waals surface area (Å²) < 4.78 is 5.14. The van der Waals surface area contributed by atoms with Gasteiger partial charge < -0.3 is 15.0 Å². The lowest BCUT2D eigenvalue weighted by Crippen LogP contribution is -2.52. The predicted molar refractivity (Wildman–Crippen MR) is 93.0 cm³/mol. The number of nitrogens with one attached hydrogen (secondary N) is 1. The number of methoxy groups -OCH3 is 1. The van der Waals surface area contributed by atoms with E-state index in [-0.39, 0.29) is 6.03 Å². The third kappa shape index (κ3) is 5.75. The van der Waals surface area contributed by atoms with Gasteiger partial charge in [0, 0.05) is 32.7 Å². The number of carbonyl (C=O) groups is 1. The molecule has 0 bridgehead atoms. The van der Waals surface area contributed by atoms with E-state index in [4.69, 9.17) is 4.74 Å². The monoisotopic (exact) mass is 319 g/mol. The molecule has 1 aliphatic heterocycles. The second-order valence-corrected chi connectivity index (χ2v) is 6.01. The Kier molecular flexibility index (Phi) is 7.20. The molecule has 23 heavy (non-hydrogen) atoms. The van der Waals surface area contributed by atoms with Crippen molar-refractivity contribution in [3.05, 3.63) is 29.8 Å². The summed E-state index contributed by atoms with van der Waals surface area (Å²) in [6.45, 7) is 7.69. The number of ether oxygens (including phenoxy) is 1. The van der Waals surface area contributed by atoms with Gasteiger partial charge in [0.2, 0.25) is 0 Å². The molecule has 1 fully saturated rings. The maximum absolute atomic E-state index is 12.2. The maximum atomic E-state index is 12.2. The molecule has 128 valence electrons. The van der Waals surface area contributed by atoms with Crippen LogP contribution < -0.4 is 10.1 Å². The molecular formula is C18H29N3O2. The number of amides is 2. The highest BCUT2D eigenvalue weighted by Crippen LogP contribution is 2.11. The number of urea groups is 1. The van der Waals surface area contributed by atoms with Crippen LogP contribution >= 0.6 is 0 Å². The second-order valence-electron chi connectivity index (χ2n) is 6.01. The first-order valence-corrected chi connectivity index (χ1v) is 8.61. The van der Waals surface area contributed by atoms with Crippen LogP contribution in [0.5, 0.6) is 5.75 Å². The molecule has 0 saturated carbocycles. The van der Waals surface area contributed by atoms with Crippen LogP contribution in [0.4, 0.5) is 4.79 Å². The van der Waals surface area contributed by atoms with E-state index in [2.05, 4.69) is 17.1 Å². The Morgan fingerprint density at radius 3 is 2.48 bits per heavy atom. The van der Waals surface area contributed by atoms with E-state index < -0.39 is 0 Å². The summed E-state index contributed by atoms with van der Waals surface area (Å²) in [4.78, 5) is 16.6. The van der Waals surface area contributed by atoms with Gasteiger partial charge in [0.25, 0.3) is 0 Å². The van der Waals surface area contributed by atoms with Gasteiger partial charge in [-0.3, -0.25) is 4.90 Å². The molecule has 1 aromatic rings. The zero-order valence-electron chi connectivity index (χ0n) is 14.4. The molecule has 0 radical (unpaired) electrons. The molecule has 5 heteroatoms. The molecule has 0 unspecified atom stereocenters. The number of rotatable bonds is 7. The van der Waals surface area contributed by atoms with Gasteiger partial charge in [-0.05, 0) is 37.1 Å². The average molecular weight is 319 g/mol. The van der Waals surface area contributed by atoms with Gasteiger partial charge in [-0.1, -0.05) is 25.5 Å². The molecule has 2 amide bonds. The van der Waals surface area contributed by atoms with Gasteiger partial charge >= 0.3 is 6.03 Å². The van der Waals surface area contributed by atoms with Gasteiger partial charge in [-0.2, -0.15) is 0 Å². The molecule has 1 N–H and O–H groups in total. The fourth-order valence-electron chi connectivity index (χ4n) is 2.77. The first-order valence-electron chi connectivity index (χ1n) is 8.61. The van der Waals surface area contributed by atoms with Crippen LogP contribution in [0.1, 0.15) is 25.3 Å². The Labute approximate surface area is 139 Å². The van der Waals surface area contributed by atoms with E-state index >= 15 is 0 Å². The van der Waals surface area contributed by atoms with Gasteiger partial charge in [0.1, 0.15) is 5.75 Å². The zero-order valence-corrected chi connectivity index (χ0v) is 14.4. The number of benzene rings is 1. The summed E-state index contributed by atoms with van der Waals surface area (Å²) in [5, 5.41) is 3.02. The standard InChI is InChI=1S/C18H29N3O2/c1-3-4-11-20-12-14-21(15-13-20)18(22)19-10-9-16-5-7-17(23-2)8-6-16/h5-8H,3-4,9-15H2,1-2H3,(H,19,22). The van der Waals surface area contributed by atoms with Crippen molar-refractivity contribution in [1.82, 2.24) is 15.1 Å². The van der Waals surface area contributed by atoms with Crippen molar-refractivity contribution >= 4 is 6.03 Å². The van der Waals surface area contributed by atoms with Crippen LogP contribution in [0.2, 0.25) is 0 Å². The number of nitrogens with zero attached hydrogens (tertiary/aromatic N) is 2. The minimum Gasteiger partial charge on any atom is -0.497 e. The summed E-state index contributed by atoms with van der Waals surface area (Å²) >= 11 is 0. The summed E-state index contributed by atoms with van der Waals surface area (Å²) in [5.41, 5.74) is 1.20. The Hall–Kier alpha value is -1.75. The lowest BCUT2D eigenvalue weighted by atomic mass is 10.1. The van der Waals surface area contributed by atoms with Gasteiger partial charge in [-0.25, -0.2) is 4.79 Å². The van der Waals surface area contributed by atoms with Crippen LogP contribution in [0.25, 0.3) is 0 Å². The van der Waals surface area contributed by atoms with Crippen molar-refractivity contribution < 1.29 is 9.53 Å². The number of unbranched alkanes of at least 4 members (excludes halogenated alkanes) is 1. The summed E-state index contributed by atoms with van der Waals surface area (Å²) in [6, 6.07) is 8.04. The van der Waals surface area contributed by atoms with Crippen molar-refractivity contribution in [2.45, 2.75) is 26.2 Å². The van der Waals surface area contributed by atoms with Crippen molar-refractivity contribution in [1.29, 1.82) is 0 Å². The van der Waals surface area contributed by atoms with Gasteiger partial charge in [0.15, 0.2) is 0 Å².